The summed E-state index contributed by atoms with van der Waals surface area (Å²) in [7, 11) is 0. The Kier molecular flexibility index (Phi) is 3.09. The molecule has 0 saturated carbocycles. The molecule has 18 heavy (non-hydrogen) atoms. The Balaban J connectivity index is 1.70. The Morgan fingerprint density at radius 1 is 1.39 bits per heavy atom. The number of anilines is 1. The molecule has 0 spiro atoms. The smallest absolute Gasteiger partial charge is 0.409 e. The highest BCUT2D eigenvalue weighted by Gasteiger charge is 2.22. The molecule has 4 nitrogen and oxygen atoms in total. The van der Waals surface area contributed by atoms with Crippen LogP contribution in [0.2, 0.25) is 0 Å². The fraction of sp³-hybridized carbons (Fsp3) is 0.500. The van der Waals surface area contributed by atoms with E-state index in [2.05, 4.69) is 23.5 Å². The zero-order valence-electron chi connectivity index (χ0n) is 10.4. The molecule has 2 aliphatic heterocycles. The van der Waals surface area contributed by atoms with Crippen LogP contribution >= 0.6 is 0 Å². The van der Waals surface area contributed by atoms with Crippen LogP contribution in [0.5, 0.6) is 0 Å². The number of nitrogens with one attached hydrogen (secondary N) is 1. The minimum absolute atomic E-state index is 0.173. The lowest BCUT2D eigenvalue weighted by Gasteiger charge is -2.22. The van der Waals surface area contributed by atoms with Crippen LogP contribution in [-0.2, 0) is 17.6 Å². The van der Waals surface area contributed by atoms with Crippen molar-refractivity contribution in [2.24, 2.45) is 0 Å². The van der Waals surface area contributed by atoms with Crippen LogP contribution < -0.4 is 5.32 Å². The van der Waals surface area contributed by atoms with E-state index in [1.165, 1.54) is 23.2 Å². The molecular formula is C14H18N2O2. The van der Waals surface area contributed by atoms with Crippen molar-refractivity contribution in [1.82, 2.24) is 4.90 Å². The van der Waals surface area contributed by atoms with Crippen molar-refractivity contribution in [2.75, 3.05) is 31.6 Å². The molecular weight excluding hydrogens is 228 g/mol. The predicted molar refractivity (Wildman–Crippen MR) is 69.9 cm³/mol. The molecule has 1 N–H and O–H groups in total. The van der Waals surface area contributed by atoms with Crippen molar-refractivity contribution < 1.29 is 9.53 Å². The SMILES string of the molecule is O=C1OCCN1CCc1cccc2c1NCCC2. The predicted octanol–water partition coefficient (Wildman–Crippen LogP) is 2.04. The lowest BCUT2D eigenvalue weighted by Crippen LogP contribution is -2.27. The van der Waals surface area contributed by atoms with Crippen molar-refractivity contribution in [3.63, 3.8) is 0 Å². The summed E-state index contributed by atoms with van der Waals surface area (Å²) < 4.78 is 4.94. The van der Waals surface area contributed by atoms with Crippen LogP contribution in [0.25, 0.3) is 0 Å². The van der Waals surface area contributed by atoms with E-state index in [1.807, 2.05) is 0 Å². The number of carbonyl (C=O) groups excluding carboxylic acids is 1. The topological polar surface area (TPSA) is 41.6 Å². The molecule has 1 aromatic rings. The average Bonchev–Trinajstić information content (AvgIpc) is 2.82. The number of nitrogens with zero attached hydrogens (tertiary/aromatic N) is 1. The second-order valence-electron chi connectivity index (χ2n) is 4.83. The number of benzene rings is 1. The van der Waals surface area contributed by atoms with Crippen LogP contribution in [0.15, 0.2) is 18.2 Å². The maximum absolute atomic E-state index is 11.4. The highest BCUT2D eigenvalue weighted by molar-refractivity contribution is 5.69. The van der Waals surface area contributed by atoms with Gasteiger partial charge in [0.25, 0.3) is 0 Å². The molecule has 1 amide bonds. The van der Waals surface area contributed by atoms with Crippen molar-refractivity contribution in [3.05, 3.63) is 29.3 Å². The van der Waals surface area contributed by atoms with Gasteiger partial charge < -0.3 is 15.0 Å². The van der Waals surface area contributed by atoms with Crippen molar-refractivity contribution in [3.8, 4) is 0 Å². The van der Waals surface area contributed by atoms with Crippen molar-refractivity contribution >= 4 is 11.8 Å². The van der Waals surface area contributed by atoms with E-state index in [-0.39, 0.29) is 6.09 Å². The molecule has 0 atom stereocenters. The Bertz CT molecular complexity index is 459. The summed E-state index contributed by atoms with van der Waals surface area (Å²) in [6.07, 6.45) is 3.08. The molecule has 0 aliphatic carbocycles. The first-order valence-corrected chi connectivity index (χ1v) is 6.61. The molecule has 1 aromatic carbocycles. The Morgan fingerprint density at radius 3 is 3.17 bits per heavy atom. The van der Waals surface area contributed by atoms with Crippen LogP contribution in [0.3, 0.4) is 0 Å². The van der Waals surface area contributed by atoms with Crippen molar-refractivity contribution in [2.45, 2.75) is 19.3 Å². The number of carbonyl (C=O) groups is 1. The maximum atomic E-state index is 11.4. The summed E-state index contributed by atoms with van der Waals surface area (Å²) in [5.41, 5.74) is 4.01. The number of hydrogen-bond donors (Lipinski definition) is 1. The molecule has 4 heteroatoms. The summed E-state index contributed by atoms with van der Waals surface area (Å²) in [6.45, 7) is 3.05. The molecule has 1 saturated heterocycles. The van der Waals surface area contributed by atoms with Gasteiger partial charge in [0.15, 0.2) is 0 Å². The molecule has 2 aliphatic rings. The second-order valence-corrected chi connectivity index (χ2v) is 4.83. The monoisotopic (exact) mass is 246 g/mol. The lowest BCUT2D eigenvalue weighted by molar-refractivity contribution is 0.159. The number of aryl methyl sites for hydroxylation is 1. The van der Waals surface area contributed by atoms with E-state index in [0.29, 0.717) is 6.61 Å². The Morgan fingerprint density at radius 2 is 2.33 bits per heavy atom. The Hall–Kier alpha value is -1.71. The summed E-state index contributed by atoms with van der Waals surface area (Å²) in [5.74, 6) is 0. The number of ether oxygens (including phenoxy) is 1. The summed E-state index contributed by atoms with van der Waals surface area (Å²) in [5, 5.41) is 3.48. The number of rotatable bonds is 3. The van der Waals surface area contributed by atoms with Gasteiger partial charge in [-0.05, 0) is 30.4 Å². The third-order valence-corrected chi connectivity index (χ3v) is 3.66. The van der Waals surface area contributed by atoms with E-state index in [1.54, 1.807) is 4.90 Å². The number of fused-ring (bicyclic) bond motifs is 1. The third kappa shape index (κ3) is 2.15. The van der Waals surface area contributed by atoms with Gasteiger partial charge in [0.1, 0.15) is 6.61 Å². The van der Waals surface area contributed by atoms with Crippen LogP contribution in [0.4, 0.5) is 10.5 Å². The van der Waals surface area contributed by atoms with Gasteiger partial charge in [0.2, 0.25) is 0 Å². The minimum Gasteiger partial charge on any atom is -0.448 e. The zero-order valence-corrected chi connectivity index (χ0v) is 10.4. The largest absolute Gasteiger partial charge is 0.448 e. The average molecular weight is 246 g/mol. The molecule has 0 aromatic heterocycles. The number of cyclic esters (lactones) is 1. The van der Waals surface area contributed by atoms with E-state index in [9.17, 15) is 4.79 Å². The second kappa shape index (κ2) is 4.88. The number of amides is 1. The molecule has 3 rings (SSSR count). The maximum Gasteiger partial charge on any atom is 0.409 e. The minimum atomic E-state index is -0.173. The molecule has 1 fully saturated rings. The molecule has 2 heterocycles. The van der Waals surface area contributed by atoms with Gasteiger partial charge in [-0.25, -0.2) is 4.79 Å². The fourth-order valence-corrected chi connectivity index (χ4v) is 2.67. The molecule has 0 bridgehead atoms. The van der Waals surface area contributed by atoms with Crippen LogP contribution in [0, 0.1) is 0 Å². The van der Waals surface area contributed by atoms with E-state index in [4.69, 9.17) is 4.74 Å². The van der Waals surface area contributed by atoms with E-state index < -0.39 is 0 Å². The summed E-state index contributed by atoms with van der Waals surface area (Å²) in [6, 6.07) is 6.46. The summed E-state index contributed by atoms with van der Waals surface area (Å²) >= 11 is 0. The van der Waals surface area contributed by atoms with Gasteiger partial charge in [-0.15, -0.1) is 0 Å². The fourth-order valence-electron chi connectivity index (χ4n) is 2.67. The first-order valence-electron chi connectivity index (χ1n) is 6.61. The quantitative estimate of drug-likeness (QED) is 0.887. The molecule has 96 valence electrons. The van der Waals surface area contributed by atoms with Gasteiger partial charge >= 0.3 is 6.09 Å². The van der Waals surface area contributed by atoms with Crippen molar-refractivity contribution in [1.29, 1.82) is 0 Å². The number of hydrogen-bond acceptors (Lipinski definition) is 3. The van der Waals surface area contributed by atoms with Gasteiger partial charge in [0.05, 0.1) is 6.54 Å². The van der Waals surface area contributed by atoms with Gasteiger partial charge in [-0.3, -0.25) is 0 Å². The highest BCUT2D eigenvalue weighted by Crippen LogP contribution is 2.26. The standard InChI is InChI=1S/C14H18N2O2/c17-14-16(9-10-18-14)8-6-12-4-1-3-11-5-2-7-15-13(11)12/h1,3-4,15H,2,5-10H2. The number of para-hydroxylation sites is 1. The van der Waals surface area contributed by atoms with Crippen LogP contribution in [-0.4, -0.2) is 37.2 Å². The first-order chi connectivity index (χ1) is 8.84. The zero-order chi connectivity index (χ0) is 12.4. The van der Waals surface area contributed by atoms with E-state index >= 15 is 0 Å². The van der Waals surface area contributed by atoms with Crippen LogP contribution in [0.1, 0.15) is 17.5 Å². The van der Waals surface area contributed by atoms with Gasteiger partial charge in [-0.1, -0.05) is 18.2 Å². The third-order valence-electron chi connectivity index (χ3n) is 3.66. The lowest BCUT2D eigenvalue weighted by atomic mass is 9.98. The van der Waals surface area contributed by atoms with E-state index in [0.717, 1.165) is 32.5 Å². The summed E-state index contributed by atoms with van der Waals surface area (Å²) in [4.78, 5) is 13.2. The Labute approximate surface area is 107 Å². The normalized spacial score (nSPS) is 18.2. The highest BCUT2D eigenvalue weighted by atomic mass is 16.6. The van der Waals surface area contributed by atoms with Gasteiger partial charge in [0, 0.05) is 18.8 Å². The first kappa shape index (κ1) is 11.4. The molecule has 0 unspecified atom stereocenters. The molecule has 0 radical (unpaired) electrons. The van der Waals surface area contributed by atoms with Gasteiger partial charge in [-0.2, -0.15) is 0 Å².